The van der Waals surface area contributed by atoms with Gasteiger partial charge in [-0.05, 0) is 31.4 Å². The van der Waals surface area contributed by atoms with Crippen LogP contribution < -0.4 is 20.3 Å². The first kappa shape index (κ1) is 24.7. The Bertz CT molecular complexity index is 1070. The predicted molar refractivity (Wildman–Crippen MR) is 129 cm³/mol. The van der Waals surface area contributed by atoms with Crippen LogP contribution in [0.25, 0.3) is 0 Å². The van der Waals surface area contributed by atoms with Gasteiger partial charge in [0.05, 0.1) is 12.8 Å². The van der Waals surface area contributed by atoms with Crippen LogP contribution in [0, 0.1) is 0 Å². The molecule has 4 rings (SSSR count). The van der Waals surface area contributed by atoms with E-state index in [4.69, 9.17) is 9.26 Å². The third-order valence-electron chi connectivity index (χ3n) is 6.66. The highest BCUT2D eigenvalue weighted by molar-refractivity contribution is 5.98. The van der Waals surface area contributed by atoms with Gasteiger partial charge < -0.3 is 24.8 Å². The second-order valence-electron chi connectivity index (χ2n) is 9.27. The second-order valence-corrected chi connectivity index (χ2v) is 9.27. The first-order chi connectivity index (χ1) is 16.9. The molecule has 0 spiro atoms. The van der Waals surface area contributed by atoms with Gasteiger partial charge in [-0.1, -0.05) is 30.8 Å². The number of carbonyl (C=O) groups excluding carboxylic acids is 3. The predicted octanol–water partition coefficient (Wildman–Crippen LogP) is 3.46. The largest absolute Gasteiger partial charge is 0.494 e. The fraction of sp³-hybridized carbons (Fsp3) is 0.560. The summed E-state index contributed by atoms with van der Waals surface area (Å²) in [4.78, 5) is 42.8. The van der Waals surface area contributed by atoms with E-state index in [2.05, 4.69) is 20.8 Å². The van der Waals surface area contributed by atoms with Gasteiger partial charge in [-0.25, -0.2) is 0 Å². The highest BCUT2D eigenvalue weighted by Gasteiger charge is 2.38. The van der Waals surface area contributed by atoms with E-state index in [9.17, 15) is 14.4 Å². The number of aromatic nitrogens is 2. The molecule has 2 aromatic rings. The molecule has 1 aromatic heterocycles. The first-order valence-electron chi connectivity index (χ1n) is 12.3. The smallest absolute Gasteiger partial charge is 0.227 e. The zero-order chi connectivity index (χ0) is 24.8. The number of hydrogen-bond acceptors (Lipinski definition) is 7. The van der Waals surface area contributed by atoms with E-state index < -0.39 is 5.54 Å². The van der Waals surface area contributed by atoms with Crippen molar-refractivity contribution in [1.82, 2.24) is 15.5 Å². The summed E-state index contributed by atoms with van der Waals surface area (Å²) in [6.45, 7) is 2.17. The van der Waals surface area contributed by atoms with Gasteiger partial charge in [0.15, 0.2) is 5.82 Å². The molecule has 1 aliphatic heterocycles. The molecule has 35 heavy (non-hydrogen) atoms. The lowest BCUT2D eigenvalue weighted by Crippen LogP contribution is -2.45. The summed E-state index contributed by atoms with van der Waals surface area (Å²) in [5.74, 6) is 1.14. The molecule has 2 N–H and O–H groups in total. The van der Waals surface area contributed by atoms with Gasteiger partial charge in [-0.15, -0.1) is 0 Å². The number of nitrogens with one attached hydrogen (secondary N) is 2. The quantitative estimate of drug-likeness (QED) is 0.551. The van der Waals surface area contributed by atoms with Gasteiger partial charge in [0, 0.05) is 44.5 Å². The van der Waals surface area contributed by atoms with Crippen molar-refractivity contribution in [3.05, 3.63) is 29.9 Å². The Hall–Kier alpha value is -3.43. The number of benzene rings is 1. The highest BCUT2D eigenvalue weighted by atomic mass is 16.5. The van der Waals surface area contributed by atoms with Crippen LogP contribution in [0.3, 0.4) is 0 Å². The Morgan fingerprint density at radius 1 is 1.17 bits per heavy atom. The van der Waals surface area contributed by atoms with Crippen molar-refractivity contribution in [2.24, 2.45) is 0 Å². The summed E-state index contributed by atoms with van der Waals surface area (Å²) in [5.41, 5.74) is 0.677. The van der Waals surface area contributed by atoms with Crippen LogP contribution in [0.5, 0.6) is 5.75 Å². The molecule has 2 aliphatic rings. The standard InChI is InChI=1S/C25H33N5O5/c1-17(31)28-25(13-5-3-4-6-14-25)24-27-22(35-29-24)12-11-21(32)26-18-9-10-19(20(16-18)34-2)30-15-7-8-23(30)33/h9-10,16H,3-8,11-15H2,1-2H3,(H,26,32)(H,28,31). The minimum Gasteiger partial charge on any atom is -0.494 e. The molecule has 1 aliphatic carbocycles. The fourth-order valence-corrected chi connectivity index (χ4v) is 4.95. The zero-order valence-corrected chi connectivity index (χ0v) is 20.4. The molecule has 1 saturated carbocycles. The number of anilines is 2. The topological polar surface area (TPSA) is 127 Å². The van der Waals surface area contributed by atoms with Crippen LogP contribution in [0.15, 0.2) is 22.7 Å². The molecular weight excluding hydrogens is 450 g/mol. The van der Waals surface area contributed by atoms with Crippen molar-refractivity contribution in [1.29, 1.82) is 0 Å². The Labute approximate surface area is 204 Å². The lowest BCUT2D eigenvalue weighted by molar-refractivity contribution is -0.121. The van der Waals surface area contributed by atoms with Crippen molar-refractivity contribution < 1.29 is 23.6 Å². The minimum absolute atomic E-state index is 0.0724. The first-order valence-corrected chi connectivity index (χ1v) is 12.3. The molecule has 0 radical (unpaired) electrons. The van der Waals surface area contributed by atoms with E-state index in [0.29, 0.717) is 41.8 Å². The van der Waals surface area contributed by atoms with E-state index in [1.807, 2.05) is 0 Å². The fourth-order valence-electron chi connectivity index (χ4n) is 4.95. The second kappa shape index (κ2) is 10.9. The molecule has 0 atom stereocenters. The molecule has 3 amide bonds. The molecule has 1 aromatic carbocycles. The van der Waals surface area contributed by atoms with Gasteiger partial charge in [-0.2, -0.15) is 4.98 Å². The maximum atomic E-state index is 12.6. The number of nitrogens with zero attached hydrogens (tertiary/aromatic N) is 3. The maximum Gasteiger partial charge on any atom is 0.227 e. The number of amides is 3. The van der Waals surface area contributed by atoms with Crippen molar-refractivity contribution in [3.8, 4) is 5.75 Å². The van der Waals surface area contributed by atoms with Crippen LogP contribution >= 0.6 is 0 Å². The molecule has 1 saturated heterocycles. The normalized spacial score (nSPS) is 17.7. The molecular formula is C25H33N5O5. The average molecular weight is 484 g/mol. The van der Waals surface area contributed by atoms with Crippen molar-refractivity contribution in [3.63, 3.8) is 0 Å². The van der Waals surface area contributed by atoms with E-state index >= 15 is 0 Å². The van der Waals surface area contributed by atoms with Crippen LogP contribution in [-0.4, -0.2) is 41.5 Å². The van der Waals surface area contributed by atoms with Crippen molar-refractivity contribution >= 4 is 29.1 Å². The van der Waals surface area contributed by atoms with Crippen molar-refractivity contribution in [2.45, 2.75) is 76.7 Å². The van der Waals surface area contributed by atoms with Crippen LogP contribution in [0.2, 0.25) is 0 Å². The summed E-state index contributed by atoms with van der Waals surface area (Å²) in [6.07, 6.45) is 7.55. The van der Waals surface area contributed by atoms with Gasteiger partial charge in [0.1, 0.15) is 11.3 Å². The van der Waals surface area contributed by atoms with Crippen LogP contribution in [-0.2, 0) is 26.3 Å². The summed E-state index contributed by atoms with van der Waals surface area (Å²) in [5, 5.41) is 10.1. The van der Waals surface area contributed by atoms with Gasteiger partial charge >= 0.3 is 0 Å². The highest BCUT2D eigenvalue weighted by Crippen LogP contribution is 2.35. The number of hydrogen-bond donors (Lipinski definition) is 2. The van der Waals surface area contributed by atoms with E-state index in [1.54, 1.807) is 30.2 Å². The Kier molecular flexibility index (Phi) is 7.67. The number of aryl methyl sites for hydroxylation is 1. The molecule has 0 unspecified atom stereocenters. The number of rotatable bonds is 8. The maximum absolute atomic E-state index is 12.6. The molecule has 10 heteroatoms. The van der Waals surface area contributed by atoms with E-state index in [0.717, 1.165) is 44.9 Å². The minimum atomic E-state index is -0.610. The number of carbonyl (C=O) groups is 3. The number of methoxy groups -OCH3 is 1. The number of ether oxygens (including phenoxy) is 1. The monoisotopic (exact) mass is 483 g/mol. The molecule has 0 bridgehead atoms. The molecule has 2 fully saturated rings. The summed E-state index contributed by atoms with van der Waals surface area (Å²) < 4.78 is 10.9. The van der Waals surface area contributed by atoms with Gasteiger partial charge in [0.2, 0.25) is 23.6 Å². The summed E-state index contributed by atoms with van der Waals surface area (Å²) >= 11 is 0. The SMILES string of the molecule is COc1cc(NC(=O)CCc2nc(C3(NC(C)=O)CCCCCC3)no2)ccc1N1CCCC1=O. The lowest BCUT2D eigenvalue weighted by Gasteiger charge is -2.30. The zero-order valence-electron chi connectivity index (χ0n) is 20.4. The van der Waals surface area contributed by atoms with Gasteiger partial charge in [0.25, 0.3) is 0 Å². The molecule has 188 valence electrons. The summed E-state index contributed by atoms with van der Waals surface area (Å²) in [6, 6.07) is 5.26. The average Bonchev–Trinajstić information content (AvgIpc) is 3.42. The van der Waals surface area contributed by atoms with Crippen LogP contribution in [0.4, 0.5) is 11.4 Å². The molecule has 10 nitrogen and oxygen atoms in total. The lowest BCUT2D eigenvalue weighted by atomic mass is 9.89. The van der Waals surface area contributed by atoms with Crippen LogP contribution in [0.1, 0.15) is 76.4 Å². The van der Waals surface area contributed by atoms with Crippen molar-refractivity contribution in [2.75, 3.05) is 23.9 Å². The Morgan fingerprint density at radius 3 is 2.60 bits per heavy atom. The third-order valence-corrected chi connectivity index (χ3v) is 6.66. The summed E-state index contributed by atoms with van der Waals surface area (Å²) in [7, 11) is 1.54. The Balaban J connectivity index is 1.38. The molecule has 2 heterocycles. The van der Waals surface area contributed by atoms with E-state index in [1.165, 1.54) is 6.92 Å². The third kappa shape index (κ3) is 5.80. The van der Waals surface area contributed by atoms with E-state index in [-0.39, 0.29) is 30.6 Å². The van der Waals surface area contributed by atoms with Gasteiger partial charge in [-0.3, -0.25) is 14.4 Å². The Morgan fingerprint density at radius 2 is 1.94 bits per heavy atom.